The highest BCUT2D eigenvalue weighted by Crippen LogP contribution is 2.28. The first-order chi connectivity index (χ1) is 9.75. The van der Waals surface area contributed by atoms with Gasteiger partial charge in [-0.15, -0.1) is 0 Å². The summed E-state index contributed by atoms with van der Waals surface area (Å²) in [6, 6.07) is 15.0. The number of benzene rings is 2. The summed E-state index contributed by atoms with van der Waals surface area (Å²) >= 11 is 6.11. The topological polar surface area (TPSA) is 38.0 Å². The van der Waals surface area contributed by atoms with Crippen LogP contribution in [0.3, 0.4) is 0 Å². The summed E-state index contributed by atoms with van der Waals surface area (Å²) in [5.41, 5.74) is 2.52. The Morgan fingerprint density at radius 2 is 1.80 bits per heavy atom. The van der Waals surface area contributed by atoms with Crippen molar-refractivity contribution in [3.63, 3.8) is 0 Å². The smallest absolute Gasteiger partial charge is 0.105 e. The fourth-order valence-corrected chi connectivity index (χ4v) is 2.36. The molecule has 1 aromatic heterocycles. The third-order valence-electron chi connectivity index (χ3n) is 3.21. The van der Waals surface area contributed by atoms with Gasteiger partial charge in [-0.3, -0.25) is 0 Å². The zero-order valence-electron chi connectivity index (χ0n) is 10.6. The number of hydrogen-bond acceptors (Lipinski definition) is 2. The van der Waals surface area contributed by atoms with Crippen LogP contribution in [0.5, 0.6) is 0 Å². The van der Waals surface area contributed by atoms with Crippen LogP contribution in [0.2, 0.25) is 5.02 Å². The van der Waals surface area contributed by atoms with Crippen molar-refractivity contribution in [1.82, 2.24) is 9.55 Å². The third-order valence-corrected chi connectivity index (χ3v) is 3.56. The monoisotopic (exact) mass is 284 g/mol. The predicted octanol–water partition coefficient (Wildman–Crippen LogP) is 3.61. The van der Waals surface area contributed by atoms with Gasteiger partial charge in [-0.1, -0.05) is 41.9 Å². The van der Waals surface area contributed by atoms with Gasteiger partial charge in [0.2, 0.25) is 0 Å². The highest BCUT2D eigenvalue weighted by molar-refractivity contribution is 6.31. The minimum Gasteiger partial charge on any atom is -0.384 e. The molecular weight excluding hydrogens is 272 g/mol. The molecule has 3 nitrogen and oxygen atoms in total. The normalized spacial score (nSPS) is 12.3. The molecule has 0 aliphatic heterocycles. The molecule has 3 rings (SSSR count). The molecule has 0 aliphatic carbocycles. The Hall–Kier alpha value is -2.10. The van der Waals surface area contributed by atoms with Crippen molar-refractivity contribution in [1.29, 1.82) is 0 Å². The SMILES string of the molecule is OC(c1ccc(-n2ccnc2)cc1)c1ccccc1Cl. The third kappa shape index (κ3) is 2.46. The number of nitrogens with zero attached hydrogens (tertiary/aromatic N) is 2. The highest BCUT2D eigenvalue weighted by atomic mass is 35.5. The minimum absolute atomic E-state index is 0.568. The van der Waals surface area contributed by atoms with Gasteiger partial charge < -0.3 is 9.67 Å². The first-order valence-electron chi connectivity index (χ1n) is 6.26. The molecule has 1 heterocycles. The summed E-state index contributed by atoms with van der Waals surface area (Å²) in [6.07, 6.45) is 4.62. The Labute approximate surface area is 122 Å². The van der Waals surface area contributed by atoms with E-state index in [-0.39, 0.29) is 0 Å². The van der Waals surface area contributed by atoms with E-state index in [4.69, 9.17) is 11.6 Å². The zero-order valence-corrected chi connectivity index (χ0v) is 11.4. The standard InChI is InChI=1S/C16H13ClN2O/c17-15-4-2-1-3-14(15)16(20)12-5-7-13(8-6-12)19-10-9-18-11-19/h1-11,16,20H. The number of aromatic nitrogens is 2. The van der Waals surface area contributed by atoms with Gasteiger partial charge in [-0.2, -0.15) is 0 Å². The number of hydrogen-bond donors (Lipinski definition) is 1. The zero-order chi connectivity index (χ0) is 13.9. The molecule has 0 aliphatic rings. The van der Waals surface area contributed by atoms with Crippen molar-refractivity contribution in [3.05, 3.63) is 83.4 Å². The lowest BCUT2D eigenvalue weighted by Gasteiger charge is -2.13. The van der Waals surface area contributed by atoms with Gasteiger partial charge in [-0.25, -0.2) is 4.98 Å². The van der Waals surface area contributed by atoms with Crippen LogP contribution in [0.25, 0.3) is 5.69 Å². The number of aliphatic hydroxyl groups is 1. The molecular formula is C16H13ClN2O. The van der Waals surface area contributed by atoms with Gasteiger partial charge in [0.15, 0.2) is 0 Å². The molecule has 0 saturated heterocycles. The van der Waals surface area contributed by atoms with Crippen LogP contribution < -0.4 is 0 Å². The number of aliphatic hydroxyl groups excluding tert-OH is 1. The second kappa shape index (κ2) is 5.49. The molecule has 1 unspecified atom stereocenters. The largest absolute Gasteiger partial charge is 0.384 e. The highest BCUT2D eigenvalue weighted by Gasteiger charge is 2.13. The summed E-state index contributed by atoms with van der Waals surface area (Å²) < 4.78 is 1.91. The van der Waals surface area contributed by atoms with Crippen LogP contribution in [-0.4, -0.2) is 14.7 Å². The first-order valence-corrected chi connectivity index (χ1v) is 6.64. The molecule has 0 amide bonds. The van der Waals surface area contributed by atoms with Crippen LogP contribution in [0, 0.1) is 0 Å². The van der Waals surface area contributed by atoms with E-state index < -0.39 is 6.10 Å². The van der Waals surface area contributed by atoms with Crippen molar-refractivity contribution in [2.24, 2.45) is 0 Å². The average molecular weight is 285 g/mol. The second-order valence-corrected chi connectivity index (χ2v) is 4.89. The van der Waals surface area contributed by atoms with Crippen molar-refractivity contribution >= 4 is 11.6 Å². The molecule has 4 heteroatoms. The van der Waals surface area contributed by atoms with Gasteiger partial charge in [-0.05, 0) is 23.8 Å². The lowest BCUT2D eigenvalue weighted by molar-refractivity contribution is 0.220. The minimum atomic E-state index is -0.722. The molecule has 0 fully saturated rings. The summed E-state index contributed by atoms with van der Waals surface area (Å²) in [5.74, 6) is 0. The Morgan fingerprint density at radius 3 is 2.45 bits per heavy atom. The summed E-state index contributed by atoms with van der Waals surface area (Å²) in [5, 5.41) is 11.0. The summed E-state index contributed by atoms with van der Waals surface area (Å²) in [6.45, 7) is 0. The van der Waals surface area contributed by atoms with Crippen LogP contribution in [0.15, 0.2) is 67.3 Å². The molecule has 100 valence electrons. The van der Waals surface area contributed by atoms with Crippen molar-refractivity contribution in [2.75, 3.05) is 0 Å². The van der Waals surface area contributed by atoms with Crippen molar-refractivity contribution in [3.8, 4) is 5.69 Å². The summed E-state index contributed by atoms with van der Waals surface area (Å²) in [4.78, 5) is 4.01. The fourth-order valence-electron chi connectivity index (χ4n) is 2.12. The Balaban J connectivity index is 1.90. The van der Waals surface area contributed by atoms with Gasteiger partial charge in [0.25, 0.3) is 0 Å². The van der Waals surface area contributed by atoms with E-state index in [0.29, 0.717) is 10.6 Å². The Morgan fingerprint density at radius 1 is 1.05 bits per heavy atom. The van der Waals surface area contributed by atoms with Crippen LogP contribution in [-0.2, 0) is 0 Å². The van der Waals surface area contributed by atoms with E-state index in [1.54, 1.807) is 18.6 Å². The summed E-state index contributed by atoms with van der Waals surface area (Å²) in [7, 11) is 0. The predicted molar refractivity (Wildman–Crippen MR) is 79.1 cm³/mol. The second-order valence-electron chi connectivity index (χ2n) is 4.49. The van der Waals surface area contributed by atoms with E-state index in [1.165, 1.54) is 0 Å². The number of rotatable bonds is 3. The quantitative estimate of drug-likeness (QED) is 0.798. The Bertz CT molecular complexity index is 693. The average Bonchev–Trinajstić information content (AvgIpc) is 3.01. The molecule has 1 atom stereocenters. The molecule has 0 radical (unpaired) electrons. The molecule has 0 bridgehead atoms. The van der Waals surface area contributed by atoms with E-state index in [1.807, 2.05) is 53.2 Å². The van der Waals surface area contributed by atoms with Crippen molar-refractivity contribution in [2.45, 2.75) is 6.10 Å². The van der Waals surface area contributed by atoms with Crippen LogP contribution in [0.1, 0.15) is 17.2 Å². The van der Waals surface area contributed by atoms with Gasteiger partial charge in [0.05, 0.1) is 6.33 Å². The first kappa shape index (κ1) is 12.9. The van der Waals surface area contributed by atoms with E-state index in [2.05, 4.69) is 4.98 Å². The molecule has 0 spiro atoms. The van der Waals surface area contributed by atoms with E-state index in [0.717, 1.165) is 11.3 Å². The fraction of sp³-hybridized carbons (Fsp3) is 0.0625. The van der Waals surface area contributed by atoms with E-state index >= 15 is 0 Å². The molecule has 3 aromatic rings. The maximum Gasteiger partial charge on any atom is 0.105 e. The van der Waals surface area contributed by atoms with Crippen LogP contribution >= 0.6 is 11.6 Å². The lowest BCUT2D eigenvalue weighted by atomic mass is 10.0. The van der Waals surface area contributed by atoms with Crippen molar-refractivity contribution < 1.29 is 5.11 Å². The number of imidazole rings is 1. The molecule has 1 N–H and O–H groups in total. The van der Waals surface area contributed by atoms with E-state index in [9.17, 15) is 5.11 Å². The molecule has 2 aromatic carbocycles. The maximum atomic E-state index is 10.4. The van der Waals surface area contributed by atoms with Crippen LogP contribution in [0.4, 0.5) is 0 Å². The van der Waals surface area contributed by atoms with Gasteiger partial charge >= 0.3 is 0 Å². The maximum absolute atomic E-state index is 10.4. The lowest BCUT2D eigenvalue weighted by Crippen LogP contribution is -2.01. The molecule has 0 saturated carbocycles. The van der Waals surface area contributed by atoms with Gasteiger partial charge in [0, 0.05) is 28.7 Å². The Kier molecular flexibility index (Phi) is 3.54. The van der Waals surface area contributed by atoms with Gasteiger partial charge in [0.1, 0.15) is 6.10 Å². The molecule has 20 heavy (non-hydrogen) atoms. The number of halogens is 1.